The predicted octanol–water partition coefficient (Wildman–Crippen LogP) is 5.87. The molecule has 21 heavy (non-hydrogen) atoms. The van der Waals surface area contributed by atoms with Crippen LogP contribution in [0.15, 0.2) is 54.6 Å². The van der Waals surface area contributed by atoms with Crippen molar-refractivity contribution in [3.05, 3.63) is 71.3 Å². The molecule has 2 aromatic carbocycles. The average Bonchev–Trinajstić information content (AvgIpc) is 3.30. The van der Waals surface area contributed by atoms with Crippen LogP contribution in [0.1, 0.15) is 50.3 Å². The maximum absolute atomic E-state index is 2.42. The molecule has 2 aromatic rings. The molecule has 0 heteroatoms. The Morgan fingerprint density at radius 3 is 2.14 bits per heavy atom. The van der Waals surface area contributed by atoms with Crippen molar-refractivity contribution in [3.8, 4) is 11.1 Å². The largest absolute Gasteiger partial charge is 0.0763 e. The minimum atomic E-state index is 0.183. The van der Waals surface area contributed by atoms with Gasteiger partial charge >= 0.3 is 0 Å². The Morgan fingerprint density at radius 2 is 1.62 bits per heavy atom. The van der Waals surface area contributed by atoms with Crippen LogP contribution in [0.4, 0.5) is 0 Å². The molecular weight excluding hydrogens is 252 g/mol. The number of rotatable bonds is 3. The Labute approximate surface area is 128 Å². The van der Waals surface area contributed by atoms with E-state index >= 15 is 0 Å². The number of aryl methyl sites for hydroxylation is 1. The molecule has 0 saturated carbocycles. The summed E-state index contributed by atoms with van der Waals surface area (Å²) in [6.07, 6.45) is 5.70. The number of hydrogen-bond donors (Lipinski definition) is 0. The first-order valence-electron chi connectivity index (χ1n) is 7.91. The molecule has 0 amide bonds. The van der Waals surface area contributed by atoms with Gasteiger partial charge in [-0.25, -0.2) is 0 Å². The Kier molecular flexibility index (Phi) is 3.49. The fraction of sp³-hybridized carbons (Fsp3) is 0.333. The van der Waals surface area contributed by atoms with Crippen molar-refractivity contribution in [2.75, 3.05) is 0 Å². The minimum Gasteiger partial charge on any atom is -0.0763 e. The van der Waals surface area contributed by atoms with Gasteiger partial charge in [-0.3, -0.25) is 0 Å². The standard InChI is InChI=1S/C21H24/c1-5-15-13-18(21(2,3)4)14-19(20(15)17-11-12-17)16-9-7-6-8-10-16/h6-14,17H,5H2,1-4H3. The van der Waals surface area contributed by atoms with Crippen LogP contribution >= 0.6 is 0 Å². The van der Waals surface area contributed by atoms with Crippen LogP contribution in [-0.4, -0.2) is 0 Å². The molecule has 3 rings (SSSR count). The van der Waals surface area contributed by atoms with Gasteiger partial charge in [-0.05, 0) is 39.7 Å². The maximum Gasteiger partial charge on any atom is 0.0208 e. The summed E-state index contributed by atoms with van der Waals surface area (Å²) in [5.41, 5.74) is 7.37. The van der Waals surface area contributed by atoms with Gasteiger partial charge in [-0.2, -0.15) is 0 Å². The monoisotopic (exact) mass is 276 g/mol. The van der Waals surface area contributed by atoms with Crippen molar-refractivity contribution in [1.82, 2.24) is 0 Å². The lowest BCUT2D eigenvalue weighted by Crippen LogP contribution is -2.13. The zero-order valence-corrected chi connectivity index (χ0v) is 13.5. The molecule has 1 aliphatic carbocycles. The maximum atomic E-state index is 2.42. The molecular formula is C21H24. The minimum absolute atomic E-state index is 0.183. The van der Waals surface area contributed by atoms with Gasteiger partial charge in [0.25, 0.3) is 0 Å². The summed E-state index contributed by atoms with van der Waals surface area (Å²) >= 11 is 0. The van der Waals surface area contributed by atoms with Crippen molar-refractivity contribution in [2.24, 2.45) is 0 Å². The number of benzene rings is 2. The van der Waals surface area contributed by atoms with Crippen molar-refractivity contribution < 1.29 is 0 Å². The van der Waals surface area contributed by atoms with E-state index in [-0.39, 0.29) is 5.41 Å². The van der Waals surface area contributed by atoms with E-state index in [9.17, 15) is 0 Å². The van der Waals surface area contributed by atoms with Gasteiger partial charge in [-0.1, -0.05) is 82.3 Å². The normalized spacial score (nSPS) is 14.5. The van der Waals surface area contributed by atoms with Gasteiger partial charge in [0.1, 0.15) is 0 Å². The van der Waals surface area contributed by atoms with Gasteiger partial charge in [0, 0.05) is 5.92 Å². The van der Waals surface area contributed by atoms with E-state index in [0.717, 1.165) is 6.42 Å². The third-order valence-corrected chi connectivity index (χ3v) is 4.32. The second-order valence-corrected chi connectivity index (χ2v) is 6.98. The third-order valence-electron chi connectivity index (χ3n) is 4.32. The molecule has 0 spiro atoms. The molecule has 0 nitrogen and oxygen atoms in total. The van der Waals surface area contributed by atoms with Gasteiger partial charge in [0.2, 0.25) is 0 Å². The van der Waals surface area contributed by atoms with Gasteiger partial charge in [0.15, 0.2) is 0 Å². The molecule has 108 valence electrons. The lowest BCUT2D eigenvalue weighted by molar-refractivity contribution is 0.589. The van der Waals surface area contributed by atoms with E-state index in [2.05, 4.69) is 82.3 Å². The van der Waals surface area contributed by atoms with Crippen molar-refractivity contribution in [1.29, 1.82) is 0 Å². The van der Waals surface area contributed by atoms with Crippen molar-refractivity contribution in [2.45, 2.75) is 45.4 Å². The molecule has 0 saturated heterocycles. The van der Waals surface area contributed by atoms with Crippen LogP contribution in [0.25, 0.3) is 11.1 Å². The molecule has 0 unspecified atom stereocenters. The van der Waals surface area contributed by atoms with Crippen molar-refractivity contribution in [3.63, 3.8) is 0 Å². The number of allylic oxidation sites excluding steroid dienone is 2. The van der Waals surface area contributed by atoms with Crippen LogP contribution in [0, 0.1) is 0 Å². The highest BCUT2D eigenvalue weighted by atomic mass is 14.3. The first-order chi connectivity index (χ1) is 10.0. The van der Waals surface area contributed by atoms with Gasteiger partial charge < -0.3 is 0 Å². The van der Waals surface area contributed by atoms with Gasteiger partial charge in [-0.15, -0.1) is 0 Å². The van der Waals surface area contributed by atoms with Crippen LogP contribution in [0.5, 0.6) is 0 Å². The van der Waals surface area contributed by atoms with E-state index in [4.69, 9.17) is 0 Å². The van der Waals surface area contributed by atoms with Crippen LogP contribution < -0.4 is 0 Å². The Morgan fingerprint density at radius 1 is 0.952 bits per heavy atom. The van der Waals surface area contributed by atoms with E-state index in [0.29, 0.717) is 5.92 Å². The first-order valence-corrected chi connectivity index (χ1v) is 7.91. The number of hydrogen-bond acceptors (Lipinski definition) is 0. The Bertz CT molecular complexity index is 663. The van der Waals surface area contributed by atoms with Crippen LogP contribution in [0.2, 0.25) is 0 Å². The smallest absolute Gasteiger partial charge is 0.0208 e. The average molecular weight is 276 g/mol. The second kappa shape index (κ2) is 5.18. The fourth-order valence-corrected chi connectivity index (χ4v) is 2.94. The summed E-state index contributed by atoms with van der Waals surface area (Å²) in [4.78, 5) is 0. The summed E-state index contributed by atoms with van der Waals surface area (Å²) in [7, 11) is 0. The molecule has 0 aliphatic heterocycles. The van der Waals surface area contributed by atoms with E-state index < -0.39 is 0 Å². The lowest BCUT2D eigenvalue weighted by Gasteiger charge is -2.24. The summed E-state index contributed by atoms with van der Waals surface area (Å²) in [6.45, 7) is 9.16. The SMILES string of the molecule is CCc1cc(C(C)(C)C)cc(-c2ccccc2)c1C1C=C1. The molecule has 0 bridgehead atoms. The Balaban J connectivity index is 2.24. The fourth-order valence-electron chi connectivity index (χ4n) is 2.94. The molecule has 0 radical (unpaired) electrons. The molecule has 0 N–H and O–H groups in total. The summed E-state index contributed by atoms with van der Waals surface area (Å²) in [5, 5.41) is 0. The first kappa shape index (κ1) is 14.1. The van der Waals surface area contributed by atoms with Crippen LogP contribution in [-0.2, 0) is 11.8 Å². The quantitative estimate of drug-likeness (QED) is 0.615. The zero-order valence-electron chi connectivity index (χ0n) is 13.5. The molecule has 1 aliphatic rings. The van der Waals surface area contributed by atoms with E-state index in [1.807, 2.05) is 0 Å². The second-order valence-electron chi connectivity index (χ2n) is 6.98. The third kappa shape index (κ3) is 2.81. The summed E-state index contributed by atoms with van der Waals surface area (Å²) < 4.78 is 0. The topological polar surface area (TPSA) is 0 Å². The molecule has 0 fully saturated rings. The van der Waals surface area contributed by atoms with E-state index in [1.165, 1.54) is 27.8 Å². The molecule has 0 heterocycles. The highest BCUT2D eigenvalue weighted by Crippen LogP contribution is 2.42. The lowest BCUT2D eigenvalue weighted by atomic mass is 9.80. The molecule has 0 atom stereocenters. The molecule has 0 aromatic heterocycles. The van der Waals surface area contributed by atoms with Gasteiger partial charge in [0.05, 0.1) is 0 Å². The summed E-state index contributed by atoms with van der Waals surface area (Å²) in [6, 6.07) is 15.6. The summed E-state index contributed by atoms with van der Waals surface area (Å²) in [5.74, 6) is 0.546. The highest BCUT2D eigenvalue weighted by Gasteiger charge is 2.24. The highest BCUT2D eigenvalue weighted by molar-refractivity contribution is 5.73. The Hall–Kier alpha value is -1.82. The predicted molar refractivity (Wildman–Crippen MR) is 91.8 cm³/mol. The van der Waals surface area contributed by atoms with E-state index in [1.54, 1.807) is 0 Å². The zero-order chi connectivity index (χ0) is 15.0. The van der Waals surface area contributed by atoms with Crippen molar-refractivity contribution >= 4 is 0 Å². The van der Waals surface area contributed by atoms with Crippen LogP contribution in [0.3, 0.4) is 0 Å².